The fourth-order valence-electron chi connectivity index (χ4n) is 4.00. The molecule has 1 N–H and O–H groups in total. The van der Waals surface area contributed by atoms with Crippen LogP contribution < -0.4 is 5.32 Å². The summed E-state index contributed by atoms with van der Waals surface area (Å²) in [5, 5.41) is 3.70. The molecule has 1 saturated carbocycles. The first kappa shape index (κ1) is 14.0. The summed E-state index contributed by atoms with van der Waals surface area (Å²) in [6, 6.07) is 7.50. The molecule has 0 amide bonds. The molecular formula is C17H24FNO. The highest BCUT2D eigenvalue weighted by molar-refractivity contribution is 5.21. The Labute approximate surface area is 120 Å². The Bertz CT molecular complexity index is 488. The van der Waals surface area contributed by atoms with Crippen LogP contribution in [0.3, 0.4) is 0 Å². The summed E-state index contributed by atoms with van der Waals surface area (Å²) in [6.45, 7) is 7.56. The van der Waals surface area contributed by atoms with E-state index >= 15 is 0 Å². The van der Waals surface area contributed by atoms with E-state index in [1.807, 2.05) is 6.07 Å². The lowest BCUT2D eigenvalue weighted by Gasteiger charge is -2.60. The van der Waals surface area contributed by atoms with Crippen molar-refractivity contribution in [3.63, 3.8) is 0 Å². The van der Waals surface area contributed by atoms with E-state index < -0.39 is 0 Å². The molecule has 0 aromatic heterocycles. The van der Waals surface area contributed by atoms with E-state index in [1.54, 1.807) is 12.1 Å². The molecule has 3 unspecified atom stereocenters. The van der Waals surface area contributed by atoms with Crippen LogP contribution in [-0.2, 0) is 4.74 Å². The number of halogens is 1. The predicted molar refractivity (Wildman–Crippen MR) is 78.0 cm³/mol. The number of hydrogen-bond acceptors (Lipinski definition) is 2. The molecule has 0 bridgehead atoms. The van der Waals surface area contributed by atoms with Gasteiger partial charge in [-0.2, -0.15) is 0 Å². The molecule has 1 heterocycles. The molecular weight excluding hydrogens is 253 g/mol. The third-order valence-corrected chi connectivity index (χ3v) is 5.11. The predicted octanol–water partition coefficient (Wildman–Crippen LogP) is 3.68. The maximum Gasteiger partial charge on any atom is 0.123 e. The van der Waals surface area contributed by atoms with Gasteiger partial charge in [-0.3, -0.25) is 0 Å². The zero-order chi connectivity index (χ0) is 14.3. The molecule has 4 atom stereocenters. The lowest BCUT2D eigenvalue weighted by Crippen LogP contribution is -2.69. The standard InChI is InChI=1S/C17H24FNO/c1-11(12-6-4-7-13(18)10-12)19-15-14-8-5-9-20-16(14)17(15,2)3/h4,6-7,10-11,14-16,19H,5,8-9H2,1-3H3/t11-,14?,15?,16?/m1/s1. The molecule has 2 fully saturated rings. The summed E-state index contributed by atoms with van der Waals surface area (Å²) in [5.74, 6) is 0.442. The molecule has 3 rings (SSSR count). The summed E-state index contributed by atoms with van der Waals surface area (Å²) in [7, 11) is 0. The highest BCUT2D eigenvalue weighted by Crippen LogP contribution is 2.51. The van der Waals surface area contributed by atoms with Crippen LogP contribution in [0.5, 0.6) is 0 Å². The molecule has 1 aromatic carbocycles. The molecule has 0 spiro atoms. The number of nitrogens with one attached hydrogen (secondary N) is 1. The minimum Gasteiger partial charge on any atom is -0.377 e. The molecule has 0 radical (unpaired) electrons. The summed E-state index contributed by atoms with van der Waals surface area (Å²) in [4.78, 5) is 0. The third-order valence-electron chi connectivity index (χ3n) is 5.11. The van der Waals surface area contributed by atoms with Crippen LogP contribution in [-0.4, -0.2) is 18.8 Å². The molecule has 1 saturated heterocycles. The fourth-order valence-corrected chi connectivity index (χ4v) is 4.00. The average molecular weight is 277 g/mol. The fraction of sp³-hybridized carbons (Fsp3) is 0.647. The smallest absolute Gasteiger partial charge is 0.123 e. The normalized spacial score (nSPS) is 33.1. The van der Waals surface area contributed by atoms with Gasteiger partial charge in [0.1, 0.15) is 5.82 Å². The van der Waals surface area contributed by atoms with Crippen molar-refractivity contribution in [2.24, 2.45) is 11.3 Å². The summed E-state index contributed by atoms with van der Waals surface area (Å²) in [6.07, 6.45) is 2.78. The number of hydrogen-bond donors (Lipinski definition) is 1. The first-order valence-electron chi connectivity index (χ1n) is 7.63. The van der Waals surface area contributed by atoms with E-state index in [0.717, 1.165) is 18.6 Å². The Kier molecular flexibility index (Phi) is 3.59. The van der Waals surface area contributed by atoms with Crippen LogP contribution in [0.2, 0.25) is 0 Å². The van der Waals surface area contributed by atoms with Crippen LogP contribution in [0, 0.1) is 17.2 Å². The van der Waals surface area contributed by atoms with E-state index in [2.05, 4.69) is 26.1 Å². The van der Waals surface area contributed by atoms with Gasteiger partial charge < -0.3 is 10.1 Å². The molecule has 1 aliphatic heterocycles. The Hall–Kier alpha value is -0.930. The average Bonchev–Trinajstić information content (AvgIpc) is 2.44. The summed E-state index contributed by atoms with van der Waals surface area (Å²) in [5.41, 5.74) is 1.17. The van der Waals surface area contributed by atoms with Gasteiger partial charge in [-0.1, -0.05) is 26.0 Å². The van der Waals surface area contributed by atoms with E-state index in [0.29, 0.717) is 18.1 Å². The van der Waals surface area contributed by atoms with Gasteiger partial charge in [0.05, 0.1) is 6.10 Å². The van der Waals surface area contributed by atoms with Crippen molar-refractivity contribution in [1.29, 1.82) is 0 Å². The SMILES string of the molecule is C[C@@H](NC1C2CCCOC2C1(C)C)c1cccc(F)c1. The topological polar surface area (TPSA) is 21.3 Å². The van der Waals surface area contributed by atoms with Crippen molar-refractivity contribution in [3.05, 3.63) is 35.6 Å². The van der Waals surface area contributed by atoms with E-state index in [-0.39, 0.29) is 17.3 Å². The van der Waals surface area contributed by atoms with Crippen LogP contribution >= 0.6 is 0 Å². The molecule has 2 aliphatic rings. The summed E-state index contributed by atoms with van der Waals surface area (Å²) >= 11 is 0. The molecule has 110 valence electrons. The van der Waals surface area contributed by atoms with Crippen LogP contribution in [0.15, 0.2) is 24.3 Å². The summed E-state index contributed by atoms with van der Waals surface area (Å²) < 4.78 is 19.3. The zero-order valence-corrected chi connectivity index (χ0v) is 12.5. The van der Waals surface area contributed by atoms with Crippen molar-refractivity contribution in [2.45, 2.75) is 51.8 Å². The van der Waals surface area contributed by atoms with Gasteiger partial charge in [0.25, 0.3) is 0 Å². The van der Waals surface area contributed by atoms with Gasteiger partial charge in [-0.05, 0) is 37.5 Å². The highest BCUT2D eigenvalue weighted by atomic mass is 19.1. The quantitative estimate of drug-likeness (QED) is 0.910. The molecule has 20 heavy (non-hydrogen) atoms. The maximum absolute atomic E-state index is 13.3. The Morgan fingerprint density at radius 1 is 1.40 bits per heavy atom. The molecule has 2 nitrogen and oxygen atoms in total. The van der Waals surface area contributed by atoms with Gasteiger partial charge in [-0.25, -0.2) is 4.39 Å². The van der Waals surface area contributed by atoms with Gasteiger partial charge in [-0.15, -0.1) is 0 Å². The number of fused-ring (bicyclic) bond motifs is 1. The number of ether oxygens (including phenoxy) is 1. The first-order chi connectivity index (χ1) is 9.50. The van der Waals surface area contributed by atoms with Crippen molar-refractivity contribution in [2.75, 3.05) is 6.61 Å². The highest BCUT2D eigenvalue weighted by Gasteiger charge is 2.57. The minimum atomic E-state index is -0.164. The largest absolute Gasteiger partial charge is 0.377 e. The van der Waals surface area contributed by atoms with Gasteiger partial charge >= 0.3 is 0 Å². The second-order valence-corrected chi connectivity index (χ2v) is 6.84. The van der Waals surface area contributed by atoms with Crippen LogP contribution in [0.4, 0.5) is 4.39 Å². The van der Waals surface area contributed by atoms with E-state index in [4.69, 9.17) is 4.74 Å². The van der Waals surface area contributed by atoms with Crippen LogP contribution in [0.25, 0.3) is 0 Å². The second kappa shape index (κ2) is 5.12. The molecule has 1 aliphatic carbocycles. The monoisotopic (exact) mass is 277 g/mol. The van der Waals surface area contributed by atoms with Crippen molar-refractivity contribution in [1.82, 2.24) is 5.32 Å². The number of rotatable bonds is 3. The van der Waals surface area contributed by atoms with Gasteiger partial charge in [0, 0.05) is 30.0 Å². The Balaban J connectivity index is 1.71. The zero-order valence-electron chi connectivity index (χ0n) is 12.5. The van der Waals surface area contributed by atoms with Crippen molar-refractivity contribution >= 4 is 0 Å². The lowest BCUT2D eigenvalue weighted by atomic mass is 9.55. The van der Waals surface area contributed by atoms with Crippen LogP contribution in [0.1, 0.15) is 45.2 Å². The van der Waals surface area contributed by atoms with E-state index in [9.17, 15) is 4.39 Å². The first-order valence-corrected chi connectivity index (χ1v) is 7.63. The van der Waals surface area contributed by atoms with Crippen molar-refractivity contribution in [3.8, 4) is 0 Å². The molecule has 3 heteroatoms. The Morgan fingerprint density at radius 2 is 2.20 bits per heavy atom. The van der Waals surface area contributed by atoms with E-state index in [1.165, 1.54) is 12.5 Å². The maximum atomic E-state index is 13.3. The number of benzene rings is 1. The third kappa shape index (κ3) is 2.27. The Morgan fingerprint density at radius 3 is 2.95 bits per heavy atom. The lowest BCUT2D eigenvalue weighted by molar-refractivity contribution is -0.194. The minimum absolute atomic E-state index is 0.159. The van der Waals surface area contributed by atoms with Crippen molar-refractivity contribution < 1.29 is 9.13 Å². The second-order valence-electron chi connectivity index (χ2n) is 6.84. The van der Waals surface area contributed by atoms with Gasteiger partial charge in [0.15, 0.2) is 0 Å². The van der Waals surface area contributed by atoms with Gasteiger partial charge in [0.2, 0.25) is 0 Å². The molecule has 1 aromatic rings.